The van der Waals surface area contributed by atoms with Gasteiger partial charge in [-0.15, -0.1) is 0 Å². The molecule has 0 amide bonds. The van der Waals surface area contributed by atoms with Gasteiger partial charge in [0.1, 0.15) is 0 Å². The van der Waals surface area contributed by atoms with Gasteiger partial charge in [0.25, 0.3) is 0 Å². The van der Waals surface area contributed by atoms with Gasteiger partial charge in [-0.1, -0.05) is 0 Å². The van der Waals surface area contributed by atoms with Crippen LogP contribution < -0.4 is 5.32 Å². The van der Waals surface area contributed by atoms with Crippen molar-refractivity contribution in [1.29, 1.82) is 0 Å². The summed E-state index contributed by atoms with van der Waals surface area (Å²) in [5.74, 6) is 0. The lowest BCUT2D eigenvalue weighted by atomic mass is 10.2. The fraction of sp³-hybridized carbons (Fsp3) is 0.538. The quantitative estimate of drug-likeness (QED) is 0.916. The predicted molar refractivity (Wildman–Crippen MR) is 72.9 cm³/mol. The standard InChI is InChI=1S/C13H19F2N5/c1-8(2)20-10(4)11(6-17-20)5-16-12-7-19(13(14)15)18-9(12)3/h6-8,13,16H,5H2,1-4H3. The number of alkyl halides is 2. The van der Waals surface area contributed by atoms with Crippen molar-refractivity contribution >= 4 is 5.69 Å². The van der Waals surface area contributed by atoms with Gasteiger partial charge in [-0.3, -0.25) is 4.68 Å². The van der Waals surface area contributed by atoms with Crippen molar-refractivity contribution in [3.63, 3.8) is 0 Å². The molecule has 2 aromatic heterocycles. The largest absolute Gasteiger partial charge is 0.378 e. The average molecular weight is 283 g/mol. The molecule has 110 valence electrons. The van der Waals surface area contributed by atoms with Crippen LogP contribution in [0, 0.1) is 13.8 Å². The van der Waals surface area contributed by atoms with Gasteiger partial charge in [0, 0.05) is 23.8 Å². The Hall–Kier alpha value is -1.92. The minimum Gasteiger partial charge on any atom is -0.378 e. The molecular weight excluding hydrogens is 264 g/mol. The second-order valence-corrected chi connectivity index (χ2v) is 5.03. The maximum Gasteiger partial charge on any atom is 0.333 e. The highest BCUT2D eigenvalue weighted by Crippen LogP contribution is 2.19. The molecule has 0 aromatic carbocycles. The number of anilines is 1. The zero-order chi connectivity index (χ0) is 14.9. The second-order valence-electron chi connectivity index (χ2n) is 5.03. The third-order valence-electron chi connectivity index (χ3n) is 3.22. The van der Waals surface area contributed by atoms with Gasteiger partial charge in [-0.2, -0.15) is 19.0 Å². The number of rotatable bonds is 5. The van der Waals surface area contributed by atoms with Crippen molar-refractivity contribution in [2.24, 2.45) is 0 Å². The van der Waals surface area contributed by atoms with Crippen LogP contribution in [0.5, 0.6) is 0 Å². The van der Waals surface area contributed by atoms with Gasteiger partial charge < -0.3 is 5.32 Å². The van der Waals surface area contributed by atoms with Gasteiger partial charge >= 0.3 is 6.55 Å². The monoisotopic (exact) mass is 283 g/mol. The summed E-state index contributed by atoms with van der Waals surface area (Å²) in [6.07, 6.45) is 3.12. The molecule has 7 heteroatoms. The molecule has 2 aromatic rings. The van der Waals surface area contributed by atoms with E-state index in [-0.39, 0.29) is 0 Å². The van der Waals surface area contributed by atoms with Crippen molar-refractivity contribution in [2.75, 3.05) is 5.32 Å². The van der Waals surface area contributed by atoms with E-state index in [0.717, 1.165) is 11.3 Å². The van der Waals surface area contributed by atoms with Crippen LogP contribution in [-0.4, -0.2) is 19.6 Å². The highest BCUT2D eigenvalue weighted by Gasteiger charge is 2.13. The first-order chi connectivity index (χ1) is 9.40. The second kappa shape index (κ2) is 5.60. The van der Waals surface area contributed by atoms with Crippen LogP contribution >= 0.6 is 0 Å². The van der Waals surface area contributed by atoms with E-state index in [9.17, 15) is 8.78 Å². The zero-order valence-electron chi connectivity index (χ0n) is 12.1. The van der Waals surface area contributed by atoms with E-state index in [1.54, 1.807) is 13.1 Å². The van der Waals surface area contributed by atoms with Crippen molar-refractivity contribution in [1.82, 2.24) is 19.6 Å². The Kier molecular flexibility index (Phi) is 4.06. The maximum absolute atomic E-state index is 12.5. The first-order valence-electron chi connectivity index (χ1n) is 6.51. The summed E-state index contributed by atoms with van der Waals surface area (Å²) in [5.41, 5.74) is 3.29. The molecule has 0 bridgehead atoms. The molecule has 1 N–H and O–H groups in total. The molecule has 0 spiro atoms. The number of aromatic nitrogens is 4. The van der Waals surface area contributed by atoms with E-state index in [2.05, 4.69) is 29.4 Å². The Morgan fingerprint density at radius 3 is 2.50 bits per heavy atom. The molecule has 0 saturated heterocycles. The van der Waals surface area contributed by atoms with E-state index < -0.39 is 6.55 Å². The van der Waals surface area contributed by atoms with Crippen LogP contribution in [0.25, 0.3) is 0 Å². The Balaban J connectivity index is 2.09. The third kappa shape index (κ3) is 2.81. The Labute approximate surface area is 116 Å². The summed E-state index contributed by atoms with van der Waals surface area (Å²) >= 11 is 0. The van der Waals surface area contributed by atoms with Gasteiger partial charge in [0.05, 0.1) is 23.8 Å². The Morgan fingerprint density at radius 2 is 2.00 bits per heavy atom. The third-order valence-corrected chi connectivity index (χ3v) is 3.22. The van der Waals surface area contributed by atoms with E-state index in [0.29, 0.717) is 28.6 Å². The minimum absolute atomic E-state index is 0.298. The summed E-state index contributed by atoms with van der Waals surface area (Å²) in [7, 11) is 0. The highest BCUT2D eigenvalue weighted by atomic mass is 19.3. The molecule has 0 atom stereocenters. The Bertz CT molecular complexity index is 584. The van der Waals surface area contributed by atoms with Crippen LogP contribution in [0.15, 0.2) is 12.4 Å². The zero-order valence-corrected chi connectivity index (χ0v) is 12.1. The number of aryl methyl sites for hydroxylation is 1. The molecule has 0 aliphatic rings. The highest BCUT2D eigenvalue weighted by molar-refractivity contribution is 5.46. The summed E-state index contributed by atoms with van der Waals surface area (Å²) < 4.78 is 27.7. The van der Waals surface area contributed by atoms with Gasteiger partial charge in [-0.05, 0) is 27.7 Å². The molecule has 0 fully saturated rings. The summed E-state index contributed by atoms with van der Waals surface area (Å²) in [4.78, 5) is 0. The molecule has 20 heavy (non-hydrogen) atoms. The van der Waals surface area contributed by atoms with Crippen LogP contribution in [0.1, 0.15) is 43.4 Å². The molecular formula is C13H19F2N5. The first-order valence-corrected chi connectivity index (χ1v) is 6.51. The fourth-order valence-electron chi connectivity index (χ4n) is 2.10. The van der Waals surface area contributed by atoms with E-state index >= 15 is 0 Å². The number of halogens is 2. The van der Waals surface area contributed by atoms with Gasteiger partial charge in [0.15, 0.2) is 0 Å². The molecule has 5 nitrogen and oxygen atoms in total. The van der Waals surface area contributed by atoms with Gasteiger partial charge in [0.2, 0.25) is 0 Å². The average Bonchev–Trinajstić information content (AvgIpc) is 2.91. The first kappa shape index (κ1) is 14.5. The molecule has 0 radical (unpaired) electrons. The molecule has 2 rings (SSSR count). The van der Waals surface area contributed by atoms with E-state index in [1.165, 1.54) is 6.20 Å². The van der Waals surface area contributed by atoms with Crippen molar-refractivity contribution in [2.45, 2.75) is 46.8 Å². The molecule has 0 unspecified atom stereocenters. The predicted octanol–water partition coefficient (Wildman–Crippen LogP) is 3.28. The minimum atomic E-state index is -2.62. The SMILES string of the molecule is Cc1nn(C(F)F)cc1NCc1cnn(C(C)C)c1C. The number of nitrogens with zero attached hydrogens (tertiary/aromatic N) is 4. The summed E-state index contributed by atoms with van der Waals surface area (Å²) in [5, 5.41) is 11.2. The number of hydrogen-bond acceptors (Lipinski definition) is 3. The lowest BCUT2D eigenvalue weighted by molar-refractivity contribution is 0.0563. The normalized spacial score (nSPS) is 11.6. The fourth-order valence-corrected chi connectivity index (χ4v) is 2.10. The Morgan fingerprint density at radius 1 is 1.30 bits per heavy atom. The number of hydrogen-bond donors (Lipinski definition) is 1. The maximum atomic E-state index is 12.5. The lowest BCUT2D eigenvalue weighted by Crippen LogP contribution is -2.06. The van der Waals surface area contributed by atoms with Gasteiger partial charge in [-0.25, -0.2) is 4.68 Å². The van der Waals surface area contributed by atoms with Crippen LogP contribution in [0.4, 0.5) is 14.5 Å². The van der Waals surface area contributed by atoms with Crippen molar-refractivity contribution in [3.8, 4) is 0 Å². The summed E-state index contributed by atoms with van der Waals surface area (Å²) in [6, 6.07) is 0.298. The van der Waals surface area contributed by atoms with E-state index in [4.69, 9.17) is 0 Å². The van der Waals surface area contributed by atoms with Crippen LogP contribution in [0.3, 0.4) is 0 Å². The summed E-state index contributed by atoms with van der Waals surface area (Å²) in [6.45, 7) is 5.75. The topological polar surface area (TPSA) is 47.7 Å². The van der Waals surface area contributed by atoms with Crippen molar-refractivity contribution < 1.29 is 8.78 Å². The molecule has 0 aliphatic heterocycles. The molecule has 2 heterocycles. The van der Waals surface area contributed by atoms with E-state index in [1.807, 2.05) is 11.6 Å². The van der Waals surface area contributed by atoms with Crippen LogP contribution in [-0.2, 0) is 6.54 Å². The molecule has 0 saturated carbocycles. The number of nitrogens with one attached hydrogen (secondary N) is 1. The smallest absolute Gasteiger partial charge is 0.333 e. The van der Waals surface area contributed by atoms with Crippen molar-refractivity contribution in [3.05, 3.63) is 29.3 Å². The lowest BCUT2D eigenvalue weighted by Gasteiger charge is -2.09. The van der Waals surface area contributed by atoms with Crippen LogP contribution in [0.2, 0.25) is 0 Å². The molecule has 0 aliphatic carbocycles.